The second kappa shape index (κ2) is 6.30. The van der Waals surface area contributed by atoms with Crippen molar-refractivity contribution >= 4 is 17.2 Å². The molecule has 1 aliphatic carbocycles. The molecule has 0 bridgehead atoms. The van der Waals surface area contributed by atoms with Crippen molar-refractivity contribution in [3.8, 4) is 5.75 Å². The highest BCUT2D eigenvalue weighted by Gasteiger charge is 2.29. The smallest absolute Gasteiger partial charge is 0.169 e. The summed E-state index contributed by atoms with van der Waals surface area (Å²) in [5.74, 6) is 0.0218. The molecule has 104 valence electrons. The van der Waals surface area contributed by atoms with E-state index in [1.807, 2.05) is 6.07 Å². The maximum Gasteiger partial charge on any atom is 0.169 e. The van der Waals surface area contributed by atoms with Crippen LogP contribution in [0.4, 0.5) is 4.39 Å². The minimum absolute atomic E-state index is 0.272. The van der Waals surface area contributed by atoms with E-state index in [1.54, 1.807) is 12.1 Å². The molecule has 1 aromatic carbocycles. The maximum absolute atomic E-state index is 14.1. The van der Waals surface area contributed by atoms with Crippen LogP contribution in [0.2, 0.25) is 0 Å². The summed E-state index contributed by atoms with van der Waals surface area (Å²) >= 11 is 4.91. The molecule has 0 aliphatic heterocycles. The lowest BCUT2D eigenvalue weighted by atomic mass is 10.1. The second-order valence-electron chi connectivity index (χ2n) is 4.85. The third-order valence-corrected chi connectivity index (χ3v) is 3.55. The fourth-order valence-electron chi connectivity index (χ4n) is 2.14. The van der Waals surface area contributed by atoms with E-state index in [4.69, 9.17) is 22.7 Å². The molecule has 0 amide bonds. The van der Waals surface area contributed by atoms with Crippen molar-refractivity contribution in [3.05, 3.63) is 29.6 Å². The van der Waals surface area contributed by atoms with E-state index in [0.29, 0.717) is 35.3 Å². The van der Waals surface area contributed by atoms with Crippen LogP contribution < -0.4 is 10.5 Å². The Morgan fingerprint density at radius 2 is 2.26 bits per heavy atom. The molecule has 0 radical (unpaired) electrons. The highest BCUT2D eigenvalue weighted by Crippen LogP contribution is 2.30. The van der Waals surface area contributed by atoms with Crippen LogP contribution in [0.3, 0.4) is 0 Å². The molecular formula is C14H19FN2OS. The second-order valence-corrected chi connectivity index (χ2v) is 5.38. The summed E-state index contributed by atoms with van der Waals surface area (Å²) < 4.78 is 19.1. The zero-order valence-corrected chi connectivity index (χ0v) is 11.9. The molecule has 5 heteroatoms. The number of ether oxygens (including phenoxy) is 1. The summed E-state index contributed by atoms with van der Waals surface area (Å²) in [5, 5.41) is 0. The van der Waals surface area contributed by atoms with Crippen LogP contribution in [0.15, 0.2) is 18.2 Å². The van der Waals surface area contributed by atoms with Crippen LogP contribution in [0.25, 0.3) is 0 Å². The van der Waals surface area contributed by atoms with Crippen molar-refractivity contribution in [1.82, 2.24) is 4.90 Å². The predicted molar refractivity (Wildman–Crippen MR) is 77.8 cm³/mol. The zero-order valence-electron chi connectivity index (χ0n) is 11.1. The summed E-state index contributed by atoms with van der Waals surface area (Å²) in [6.07, 6.45) is 3.02. The van der Waals surface area contributed by atoms with Gasteiger partial charge in [-0.15, -0.1) is 0 Å². The molecule has 1 fully saturated rings. The molecule has 0 aromatic heterocycles. The van der Waals surface area contributed by atoms with Gasteiger partial charge in [-0.1, -0.05) is 24.4 Å². The monoisotopic (exact) mass is 282 g/mol. The normalized spacial score (nSPS) is 14.7. The number of halogens is 1. The SMILES string of the molecule is COc1cccc(CN(CCC(N)=S)C2CC2)c1F. The van der Waals surface area contributed by atoms with E-state index in [-0.39, 0.29) is 5.82 Å². The molecule has 0 heterocycles. The minimum Gasteiger partial charge on any atom is -0.494 e. The molecule has 2 N–H and O–H groups in total. The first-order valence-corrected chi connectivity index (χ1v) is 6.86. The van der Waals surface area contributed by atoms with E-state index in [0.717, 1.165) is 6.54 Å². The Morgan fingerprint density at radius 1 is 1.53 bits per heavy atom. The lowest BCUT2D eigenvalue weighted by molar-refractivity contribution is 0.257. The largest absolute Gasteiger partial charge is 0.494 e. The Morgan fingerprint density at radius 3 is 2.84 bits per heavy atom. The Hall–Kier alpha value is -1.20. The fraction of sp³-hybridized carbons (Fsp3) is 0.500. The first kappa shape index (κ1) is 14.2. The highest BCUT2D eigenvalue weighted by molar-refractivity contribution is 7.80. The molecule has 0 spiro atoms. The Kier molecular flexibility index (Phi) is 4.71. The molecule has 19 heavy (non-hydrogen) atoms. The lowest BCUT2D eigenvalue weighted by Crippen LogP contribution is -2.29. The Labute approximate surface area is 118 Å². The number of hydrogen-bond donors (Lipinski definition) is 1. The molecule has 0 unspecified atom stereocenters. The van der Waals surface area contributed by atoms with Gasteiger partial charge >= 0.3 is 0 Å². The van der Waals surface area contributed by atoms with Gasteiger partial charge in [-0.3, -0.25) is 4.90 Å². The van der Waals surface area contributed by atoms with Crippen molar-refractivity contribution in [3.63, 3.8) is 0 Å². The average molecular weight is 282 g/mol. The van der Waals surface area contributed by atoms with Crippen LogP contribution in [0.1, 0.15) is 24.8 Å². The summed E-state index contributed by atoms with van der Waals surface area (Å²) in [6.45, 7) is 1.37. The highest BCUT2D eigenvalue weighted by atomic mass is 32.1. The van der Waals surface area contributed by atoms with Crippen LogP contribution in [0.5, 0.6) is 5.75 Å². The number of thiocarbonyl (C=S) groups is 1. The van der Waals surface area contributed by atoms with E-state index >= 15 is 0 Å². The third kappa shape index (κ3) is 3.88. The standard InChI is InChI=1S/C14H19FN2OS/c1-18-12-4-2-3-10(14(12)15)9-17(11-5-6-11)8-7-13(16)19/h2-4,11H,5-9H2,1H3,(H2,16,19). The third-order valence-electron chi connectivity index (χ3n) is 3.35. The van der Waals surface area contributed by atoms with E-state index < -0.39 is 0 Å². The van der Waals surface area contributed by atoms with Gasteiger partial charge in [0.1, 0.15) is 0 Å². The summed E-state index contributed by atoms with van der Waals surface area (Å²) in [5.41, 5.74) is 6.20. The van der Waals surface area contributed by atoms with E-state index in [2.05, 4.69) is 4.90 Å². The van der Waals surface area contributed by atoms with Gasteiger partial charge in [-0.2, -0.15) is 0 Å². The van der Waals surface area contributed by atoms with Crippen molar-refractivity contribution < 1.29 is 9.13 Å². The Bertz CT molecular complexity index is 463. The maximum atomic E-state index is 14.1. The van der Waals surface area contributed by atoms with Crippen molar-refractivity contribution in [2.24, 2.45) is 5.73 Å². The Balaban J connectivity index is 2.06. The quantitative estimate of drug-likeness (QED) is 0.780. The van der Waals surface area contributed by atoms with Gasteiger partial charge in [-0.25, -0.2) is 4.39 Å². The summed E-state index contributed by atoms with van der Waals surface area (Å²) in [7, 11) is 1.48. The van der Waals surface area contributed by atoms with Gasteiger partial charge in [0.15, 0.2) is 11.6 Å². The van der Waals surface area contributed by atoms with Gasteiger partial charge in [0.05, 0.1) is 12.1 Å². The zero-order chi connectivity index (χ0) is 13.8. The molecule has 1 saturated carbocycles. The lowest BCUT2D eigenvalue weighted by Gasteiger charge is -2.22. The number of nitrogens with zero attached hydrogens (tertiary/aromatic N) is 1. The van der Waals surface area contributed by atoms with Gasteiger partial charge in [0, 0.05) is 31.1 Å². The van der Waals surface area contributed by atoms with Gasteiger partial charge in [0.25, 0.3) is 0 Å². The van der Waals surface area contributed by atoms with Gasteiger partial charge < -0.3 is 10.5 Å². The number of benzene rings is 1. The fourth-order valence-corrected chi connectivity index (χ4v) is 2.23. The topological polar surface area (TPSA) is 38.5 Å². The van der Waals surface area contributed by atoms with E-state index in [9.17, 15) is 4.39 Å². The van der Waals surface area contributed by atoms with E-state index in [1.165, 1.54) is 20.0 Å². The van der Waals surface area contributed by atoms with Gasteiger partial charge in [0.2, 0.25) is 0 Å². The van der Waals surface area contributed by atoms with Crippen molar-refractivity contribution in [1.29, 1.82) is 0 Å². The predicted octanol–water partition coefficient (Wildman–Crippen LogP) is 2.47. The van der Waals surface area contributed by atoms with Crippen LogP contribution in [-0.4, -0.2) is 29.6 Å². The summed E-state index contributed by atoms with van der Waals surface area (Å²) in [4.78, 5) is 2.76. The van der Waals surface area contributed by atoms with Gasteiger partial charge in [-0.05, 0) is 18.9 Å². The number of nitrogens with two attached hydrogens (primary N) is 1. The molecule has 0 saturated heterocycles. The van der Waals surface area contributed by atoms with Crippen LogP contribution in [0, 0.1) is 5.82 Å². The minimum atomic E-state index is -0.272. The van der Waals surface area contributed by atoms with Crippen molar-refractivity contribution in [2.45, 2.75) is 31.8 Å². The molecule has 2 rings (SSSR count). The van der Waals surface area contributed by atoms with Crippen LogP contribution >= 0.6 is 12.2 Å². The summed E-state index contributed by atoms with van der Waals surface area (Å²) in [6, 6.07) is 5.79. The average Bonchev–Trinajstić information content (AvgIpc) is 3.20. The molecule has 3 nitrogen and oxygen atoms in total. The molecular weight excluding hydrogens is 263 g/mol. The molecule has 1 aromatic rings. The number of hydrogen-bond acceptors (Lipinski definition) is 3. The number of methoxy groups -OCH3 is 1. The first-order valence-electron chi connectivity index (χ1n) is 6.45. The molecule has 1 aliphatic rings. The van der Waals surface area contributed by atoms with Crippen LogP contribution in [-0.2, 0) is 6.54 Å². The first-order chi connectivity index (χ1) is 9.11. The van der Waals surface area contributed by atoms with Crippen molar-refractivity contribution in [2.75, 3.05) is 13.7 Å². The molecule has 0 atom stereocenters. The number of rotatable bonds is 7.